The smallest absolute Gasteiger partial charge is 0.322 e. The molecule has 0 N–H and O–H groups in total. The van der Waals surface area contributed by atoms with E-state index in [1.807, 2.05) is 44.5 Å². The molecule has 7 heteroatoms. The number of imidazole rings is 1. The molecule has 7 nitrogen and oxygen atoms in total. The van der Waals surface area contributed by atoms with Crippen LogP contribution in [0.3, 0.4) is 0 Å². The van der Waals surface area contributed by atoms with Gasteiger partial charge in [0, 0.05) is 31.9 Å². The molecule has 0 amide bonds. The van der Waals surface area contributed by atoms with Crippen LogP contribution >= 0.6 is 0 Å². The molecular formula is C28H33N5O2. The van der Waals surface area contributed by atoms with Crippen LogP contribution in [-0.4, -0.2) is 23.7 Å². The number of benzene rings is 1. The molecule has 4 aromatic rings. The highest BCUT2D eigenvalue weighted by Gasteiger charge is 2.17. The standard InChI is InChI=1S/C28H33N5O2/c1-5-8-9-10-21-13-17-23(29-19-21)22-15-11-20(12-16-22)14-18-24-30-26-25(31(24)4)27(34)33(7-3)28(35)32(26)6-2/h11-19H,5-10H2,1-4H3. The van der Waals surface area contributed by atoms with Gasteiger partial charge >= 0.3 is 5.69 Å². The van der Waals surface area contributed by atoms with E-state index in [0.717, 1.165) is 23.2 Å². The van der Waals surface area contributed by atoms with Gasteiger partial charge in [0.2, 0.25) is 0 Å². The van der Waals surface area contributed by atoms with Crippen LogP contribution in [0.4, 0.5) is 0 Å². The van der Waals surface area contributed by atoms with Crippen LogP contribution in [0, 0.1) is 0 Å². The Labute approximate surface area is 205 Å². The van der Waals surface area contributed by atoms with Crippen LogP contribution in [0.2, 0.25) is 0 Å². The number of aromatic nitrogens is 5. The van der Waals surface area contributed by atoms with Gasteiger partial charge in [-0.15, -0.1) is 0 Å². The molecule has 0 spiro atoms. The van der Waals surface area contributed by atoms with E-state index in [9.17, 15) is 9.59 Å². The van der Waals surface area contributed by atoms with Crippen LogP contribution in [0.15, 0.2) is 52.2 Å². The van der Waals surface area contributed by atoms with Crippen LogP contribution in [0.1, 0.15) is 57.0 Å². The topological polar surface area (TPSA) is 74.7 Å². The molecule has 3 heterocycles. The van der Waals surface area contributed by atoms with Crippen molar-refractivity contribution in [2.45, 2.75) is 59.5 Å². The van der Waals surface area contributed by atoms with Gasteiger partial charge in [-0.05, 0) is 50.0 Å². The first-order chi connectivity index (χ1) is 17.0. The number of hydrogen-bond donors (Lipinski definition) is 0. The Morgan fingerprint density at radius 1 is 0.886 bits per heavy atom. The summed E-state index contributed by atoms with van der Waals surface area (Å²) in [5, 5.41) is 0. The van der Waals surface area contributed by atoms with E-state index in [1.54, 1.807) is 16.1 Å². The van der Waals surface area contributed by atoms with Gasteiger partial charge in [0.05, 0.1) is 5.69 Å². The minimum absolute atomic E-state index is 0.305. The average molecular weight is 472 g/mol. The molecular weight excluding hydrogens is 438 g/mol. The lowest BCUT2D eigenvalue weighted by molar-refractivity contribution is 0.604. The Hall–Kier alpha value is -3.74. The Morgan fingerprint density at radius 2 is 1.63 bits per heavy atom. The number of rotatable bonds is 9. The Morgan fingerprint density at radius 3 is 2.26 bits per heavy atom. The van der Waals surface area contributed by atoms with Crippen molar-refractivity contribution in [2.24, 2.45) is 7.05 Å². The zero-order chi connectivity index (χ0) is 24.9. The molecule has 182 valence electrons. The quantitative estimate of drug-likeness (QED) is 0.325. The predicted octanol–water partition coefficient (Wildman–Crippen LogP) is 4.90. The summed E-state index contributed by atoms with van der Waals surface area (Å²) in [4.78, 5) is 34.8. The molecule has 4 rings (SSSR count). The van der Waals surface area contributed by atoms with Gasteiger partial charge in [0.15, 0.2) is 11.2 Å². The van der Waals surface area contributed by atoms with E-state index in [-0.39, 0.29) is 11.2 Å². The largest absolute Gasteiger partial charge is 0.332 e. The number of hydrogen-bond acceptors (Lipinski definition) is 4. The molecule has 0 saturated heterocycles. The molecule has 0 radical (unpaired) electrons. The first kappa shape index (κ1) is 24.4. The minimum Gasteiger partial charge on any atom is -0.322 e. The number of aryl methyl sites for hydroxylation is 3. The SMILES string of the molecule is CCCCCc1ccc(-c2ccc(C=Cc3nc4c(c(=O)n(CC)c(=O)n4CC)n3C)cc2)nc1. The molecule has 0 aliphatic heterocycles. The van der Waals surface area contributed by atoms with Crippen molar-refractivity contribution < 1.29 is 0 Å². The molecule has 1 aromatic carbocycles. The number of nitrogens with zero attached hydrogens (tertiary/aromatic N) is 5. The summed E-state index contributed by atoms with van der Waals surface area (Å²) < 4.78 is 4.56. The lowest BCUT2D eigenvalue weighted by Gasteiger charge is -2.08. The second-order valence-electron chi connectivity index (χ2n) is 8.74. The monoisotopic (exact) mass is 471 g/mol. The molecule has 35 heavy (non-hydrogen) atoms. The summed E-state index contributed by atoms with van der Waals surface area (Å²) in [6.45, 7) is 6.67. The van der Waals surface area contributed by atoms with E-state index >= 15 is 0 Å². The lowest BCUT2D eigenvalue weighted by Crippen LogP contribution is -2.39. The third-order valence-electron chi connectivity index (χ3n) is 6.43. The molecule has 0 bridgehead atoms. The summed E-state index contributed by atoms with van der Waals surface area (Å²) in [5.74, 6) is 0.622. The van der Waals surface area contributed by atoms with Gasteiger partial charge in [0.1, 0.15) is 5.82 Å². The first-order valence-corrected chi connectivity index (χ1v) is 12.4. The molecule has 3 aromatic heterocycles. The Balaban J connectivity index is 1.57. The molecule has 0 atom stereocenters. The third kappa shape index (κ3) is 4.90. The van der Waals surface area contributed by atoms with Gasteiger partial charge in [-0.3, -0.25) is 18.9 Å². The van der Waals surface area contributed by atoms with E-state index in [0.29, 0.717) is 30.1 Å². The highest BCUT2D eigenvalue weighted by molar-refractivity contribution is 5.77. The fourth-order valence-corrected chi connectivity index (χ4v) is 4.35. The van der Waals surface area contributed by atoms with Crippen LogP contribution < -0.4 is 11.2 Å². The Kier molecular flexibility index (Phi) is 7.44. The summed E-state index contributed by atoms with van der Waals surface area (Å²) in [6, 6.07) is 12.4. The van der Waals surface area contributed by atoms with Crippen molar-refractivity contribution >= 4 is 23.3 Å². The van der Waals surface area contributed by atoms with E-state index in [1.165, 1.54) is 29.4 Å². The van der Waals surface area contributed by atoms with Crippen molar-refractivity contribution in [1.82, 2.24) is 23.7 Å². The highest BCUT2D eigenvalue weighted by Crippen LogP contribution is 2.20. The summed E-state index contributed by atoms with van der Waals surface area (Å²) in [6.07, 6.45) is 10.6. The maximum Gasteiger partial charge on any atom is 0.332 e. The first-order valence-electron chi connectivity index (χ1n) is 12.4. The molecule has 0 fully saturated rings. The van der Waals surface area contributed by atoms with Gasteiger partial charge < -0.3 is 4.57 Å². The number of pyridine rings is 1. The average Bonchev–Trinajstić information content (AvgIpc) is 3.20. The Bertz CT molecular complexity index is 1460. The van der Waals surface area contributed by atoms with Crippen molar-refractivity contribution in [3.8, 4) is 11.3 Å². The lowest BCUT2D eigenvalue weighted by atomic mass is 10.1. The van der Waals surface area contributed by atoms with Gasteiger partial charge in [0.25, 0.3) is 5.56 Å². The summed E-state index contributed by atoms with van der Waals surface area (Å²) >= 11 is 0. The molecule has 0 aliphatic carbocycles. The van der Waals surface area contributed by atoms with Crippen molar-refractivity contribution in [1.29, 1.82) is 0 Å². The van der Waals surface area contributed by atoms with Crippen LogP contribution in [0.25, 0.3) is 34.6 Å². The molecule has 0 saturated carbocycles. The van der Waals surface area contributed by atoms with Crippen LogP contribution in [-0.2, 0) is 26.6 Å². The minimum atomic E-state index is -0.320. The van der Waals surface area contributed by atoms with Gasteiger partial charge in [-0.2, -0.15) is 0 Å². The maximum atomic E-state index is 12.9. The summed E-state index contributed by atoms with van der Waals surface area (Å²) in [7, 11) is 1.81. The van der Waals surface area contributed by atoms with Crippen molar-refractivity contribution in [3.05, 3.63) is 80.4 Å². The second-order valence-corrected chi connectivity index (χ2v) is 8.74. The van der Waals surface area contributed by atoms with Crippen molar-refractivity contribution in [3.63, 3.8) is 0 Å². The molecule has 0 aliphatic rings. The predicted molar refractivity (Wildman–Crippen MR) is 142 cm³/mol. The van der Waals surface area contributed by atoms with Crippen LogP contribution in [0.5, 0.6) is 0 Å². The number of fused-ring (bicyclic) bond motifs is 1. The van der Waals surface area contributed by atoms with E-state index in [4.69, 9.17) is 0 Å². The number of unbranched alkanes of at least 4 members (excludes halogenated alkanes) is 2. The highest BCUT2D eigenvalue weighted by atomic mass is 16.2. The van der Waals surface area contributed by atoms with E-state index < -0.39 is 0 Å². The van der Waals surface area contributed by atoms with E-state index in [2.05, 4.69) is 41.2 Å². The third-order valence-corrected chi connectivity index (χ3v) is 6.43. The maximum absolute atomic E-state index is 12.9. The fourth-order valence-electron chi connectivity index (χ4n) is 4.35. The zero-order valence-corrected chi connectivity index (χ0v) is 21.0. The van der Waals surface area contributed by atoms with Gasteiger partial charge in [-0.1, -0.05) is 56.2 Å². The van der Waals surface area contributed by atoms with Gasteiger partial charge in [-0.25, -0.2) is 9.78 Å². The fraction of sp³-hybridized carbons (Fsp3) is 0.357. The zero-order valence-electron chi connectivity index (χ0n) is 21.0. The summed E-state index contributed by atoms with van der Waals surface area (Å²) in [5.41, 5.74) is 4.55. The van der Waals surface area contributed by atoms with Crippen molar-refractivity contribution in [2.75, 3.05) is 0 Å². The molecule has 0 unspecified atom stereocenters. The second kappa shape index (κ2) is 10.7. The normalized spacial score (nSPS) is 11.7.